The summed E-state index contributed by atoms with van der Waals surface area (Å²) in [7, 11) is 1.79. The predicted octanol–water partition coefficient (Wildman–Crippen LogP) is 1.61. The topological polar surface area (TPSA) is 102 Å². The van der Waals surface area contributed by atoms with Crippen LogP contribution in [-0.2, 0) is 7.05 Å². The van der Waals surface area contributed by atoms with Gasteiger partial charge in [0.1, 0.15) is 11.4 Å². The van der Waals surface area contributed by atoms with Gasteiger partial charge in [-0.3, -0.25) is 0 Å². The maximum absolute atomic E-state index is 8.96. The highest BCUT2D eigenvalue weighted by molar-refractivity contribution is 7.99. The first-order valence-corrected chi connectivity index (χ1v) is 6.90. The first-order chi connectivity index (χ1) is 10.2. The normalized spacial score (nSPS) is 12.0. The molecule has 0 bridgehead atoms. The quantitative estimate of drug-likeness (QED) is 0.330. The van der Waals surface area contributed by atoms with E-state index < -0.39 is 0 Å². The molecule has 1 aromatic carbocycles. The van der Waals surface area contributed by atoms with Crippen molar-refractivity contribution in [2.24, 2.45) is 17.9 Å². The van der Waals surface area contributed by atoms with Crippen LogP contribution in [0.4, 0.5) is 0 Å². The second-order valence-corrected chi connectivity index (χ2v) is 5.24. The van der Waals surface area contributed by atoms with Crippen LogP contribution in [0.2, 0.25) is 0 Å². The van der Waals surface area contributed by atoms with Crippen molar-refractivity contribution in [3.05, 3.63) is 42.2 Å². The molecule has 0 saturated carbocycles. The summed E-state index contributed by atoms with van der Waals surface area (Å²) >= 11 is 1.31. The summed E-state index contributed by atoms with van der Waals surface area (Å²) in [6.07, 6.45) is 1.46. The van der Waals surface area contributed by atoms with Gasteiger partial charge >= 0.3 is 0 Å². The molecule has 7 nitrogen and oxygen atoms in total. The lowest BCUT2D eigenvalue weighted by atomic mass is 10.1. The molecule has 0 aliphatic heterocycles. The molecule has 2 aromatic heterocycles. The molecule has 0 unspecified atom stereocenters. The van der Waals surface area contributed by atoms with E-state index in [4.69, 9.17) is 10.9 Å². The molecule has 21 heavy (non-hydrogen) atoms. The zero-order chi connectivity index (χ0) is 14.8. The van der Waals surface area contributed by atoms with Crippen molar-refractivity contribution in [3.8, 4) is 0 Å². The lowest BCUT2D eigenvalue weighted by Gasteiger charge is -2.08. The van der Waals surface area contributed by atoms with Crippen LogP contribution in [0.3, 0.4) is 0 Å². The van der Waals surface area contributed by atoms with Gasteiger partial charge in [0, 0.05) is 12.4 Å². The Morgan fingerprint density at radius 3 is 2.90 bits per heavy atom. The van der Waals surface area contributed by atoms with Gasteiger partial charge in [-0.2, -0.15) is 5.10 Å². The van der Waals surface area contributed by atoms with Crippen LogP contribution in [0.25, 0.3) is 10.9 Å². The number of oxime groups is 1. The Labute approximate surface area is 124 Å². The lowest BCUT2D eigenvalue weighted by molar-refractivity contribution is 0.318. The van der Waals surface area contributed by atoms with Gasteiger partial charge in [-0.25, -0.2) is 14.6 Å². The van der Waals surface area contributed by atoms with Crippen molar-refractivity contribution in [1.29, 1.82) is 0 Å². The van der Waals surface area contributed by atoms with E-state index in [-0.39, 0.29) is 5.84 Å². The van der Waals surface area contributed by atoms with Crippen LogP contribution in [0.1, 0.15) is 5.56 Å². The van der Waals surface area contributed by atoms with Crippen LogP contribution >= 0.6 is 11.8 Å². The predicted molar refractivity (Wildman–Crippen MR) is 79.4 cm³/mol. The number of amidine groups is 1. The number of hydrogen-bond donors (Lipinski definition) is 2. The molecule has 0 saturated heterocycles. The molecule has 0 aliphatic carbocycles. The molecule has 0 radical (unpaired) electrons. The summed E-state index contributed by atoms with van der Waals surface area (Å²) in [4.78, 5) is 8.72. The molecule has 8 heteroatoms. The van der Waals surface area contributed by atoms with Crippen molar-refractivity contribution in [1.82, 2.24) is 19.7 Å². The number of hydrogen-bond acceptors (Lipinski definition) is 6. The fourth-order valence-corrected chi connectivity index (χ4v) is 2.75. The first kappa shape index (κ1) is 13.4. The second kappa shape index (κ2) is 5.41. The van der Waals surface area contributed by atoms with Gasteiger partial charge in [0.25, 0.3) is 0 Å². The highest BCUT2D eigenvalue weighted by Gasteiger charge is 2.14. The van der Waals surface area contributed by atoms with E-state index in [1.54, 1.807) is 11.7 Å². The van der Waals surface area contributed by atoms with Crippen molar-refractivity contribution in [3.63, 3.8) is 0 Å². The highest BCUT2D eigenvalue weighted by Crippen LogP contribution is 2.29. The van der Waals surface area contributed by atoms with Crippen LogP contribution in [0.5, 0.6) is 0 Å². The molecule has 3 aromatic rings. The Morgan fingerprint density at radius 2 is 2.19 bits per heavy atom. The number of pyridine rings is 1. The van der Waals surface area contributed by atoms with Crippen molar-refractivity contribution in [2.75, 3.05) is 0 Å². The van der Waals surface area contributed by atoms with E-state index in [1.807, 2.05) is 30.3 Å². The van der Waals surface area contributed by atoms with Crippen LogP contribution < -0.4 is 5.73 Å². The van der Waals surface area contributed by atoms with Gasteiger partial charge in [0.05, 0.1) is 11.1 Å². The summed E-state index contributed by atoms with van der Waals surface area (Å²) in [5.41, 5.74) is 7.15. The molecule has 0 spiro atoms. The fraction of sp³-hybridized carbons (Fsp3) is 0.0769. The van der Waals surface area contributed by atoms with E-state index >= 15 is 0 Å². The number of nitrogens with two attached hydrogens (primary N) is 1. The number of aryl methyl sites for hydroxylation is 1. The first-order valence-electron chi connectivity index (χ1n) is 6.08. The number of nitrogens with zero attached hydrogens (tertiary/aromatic N) is 5. The number of rotatable bonds is 3. The molecule has 0 atom stereocenters. The van der Waals surface area contributed by atoms with Gasteiger partial charge in [-0.1, -0.05) is 23.4 Å². The number of para-hydroxylation sites is 1. The summed E-state index contributed by atoms with van der Waals surface area (Å²) in [6, 6.07) is 9.50. The minimum Gasteiger partial charge on any atom is -0.409 e. The van der Waals surface area contributed by atoms with Gasteiger partial charge in [-0.05, 0) is 23.9 Å². The molecule has 2 heterocycles. The van der Waals surface area contributed by atoms with Crippen molar-refractivity contribution in [2.45, 2.75) is 10.2 Å². The summed E-state index contributed by atoms with van der Waals surface area (Å²) in [5.74, 6) is 0.0120. The monoisotopic (exact) mass is 300 g/mol. The Hall–Kier alpha value is -2.61. The Kier molecular flexibility index (Phi) is 3.44. The minimum absolute atomic E-state index is 0.0120. The molecule has 0 fully saturated rings. The molecule has 3 N–H and O–H groups in total. The SMILES string of the molecule is Cn1ncnc1Sc1nc2ccccc2cc1/C(N)=N/O. The highest BCUT2D eigenvalue weighted by atomic mass is 32.2. The largest absolute Gasteiger partial charge is 0.409 e. The molecular weight excluding hydrogens is 288 g/mol. The molecule has 0 amide bonds. The maximum Gasteiger partial charge on any atom is 0.192 e. The van der Waals surface area contributed by atoms with E-state index in [0.717, 1.165) is 10.9 Å². The number of aromatic nitrogens is 4. The zero-order valence-corrected chi connectivity index (χ0v) is 11.9. The molecule has 3 rings (SSSR count). The van der Waals surface area contributed by atoms with E-state index in [0.29, 0.717) is 15.7 Å². The third-order valence-corrected chi connectivity index (χ3v) is 3.99. The van der Waals surface area contributed by atoms with E-state index in [9.17, 15) is 0 Å². The van der Waals surface area contributed by atoms with Gasteiger partial charge in [0.15, 0.2) is 11.0 Å². The van der Waals surface area contributed by atoms with Crippen LogP contribution in [0.15, 0.2) is 52.0 Å². The second-order valence-electron chi connectivity index (χ2n) is 4.29. The van der Waals surface area contributed by atoms with Gasteiger partial charge < -0.3 is 10.9 Å². The van der Waals surface area contributed by atoms with E-state index in [1.165, 1.54) is 18.1 Å². The third-order valence-electron chi connectivity index (χ3n) is 2.93. The summed E-state index contributed by atoms with van der Waals surface area (Å²) < 4.78 is 1.64. The average molecular weight is 300 g/mol. The Morgan fingerprint density at radius 1 is 1.38 bits per heavy atom. The van der Waals surface area contributed by atoms with Gasteiger partial charge in [-0.15, -0.1) is 0 Å². The van der Waals surface area contributed by atoms with Crippen molar-refractivity contribution >= 4 is 28.5 Å². The Bertz CT molecular complexity index is 828. The molecule has 106 valence electrons. The zero-order valence-electron chi connectivity index (χ0n) is 11.1. The summed E-state index contributed by atoms with van der Waals surface area (Å²) in [5, 5.41) is 18.3. The smallest absolute Gasteiger partial charge is 0.192 e. The number of fused-ring (bicyclic) bond motifs is 1. The minimum atomic E-state index is 0.0120. The van der Waals surface area contributed by atoms with Crippen LogP contribution in [-0.4, -0.2) is 30.8 Å². The average Bonchev–Trinajstić information content (AvgIpc) is 2.91. The Balaban J connectivity index is 2.16. The third kappa shape index (κ3) is 2.52. The van der Waals surface area contributed by atoms with E-state index in [2.05, 4.69) is 20.2 Å². The molecule has 0 aliphatic rings. The van der Waals surface area contributed by atoms with Gasteiger partial charge in [0.2, 0.25) is 0 Å². The summed E-state index contributed by atoms with van der Waals surface area (Å²) in [6.45, 7) is 0. The fourth-order valence-electron chi connectivity index (χ4n) is 1.88. The standard InChI is InChI=1S/C13H12N6OS/c1-19-13(15-7-16-19)21-12-9(11(14)18-20)6-8-4-2-3-5-10(8)17-12/h2-7,20H,1H3,(H2,14,18). The number of benzene rings is 1. The molecular formula is C13H12N6OS. The van der Waals surface area contributed by atoms with Crippen LogP contribution in [0, 0.1) is 0 Å². The van der Waals surface area contributed by atoms with Crippen molar-refractivity contribution < 1.29 is 5.21 Å². The maximum atomic E-state index is 8.96. The lowest BCUT2D eigenvalue weighted by Crippen LogP contribution is -2.15.